The molecule has 6 nitrogen and oxygen atoms in total. The Morgan fingerprint density at radius 3 is 2.74 bits per heavy atom. The number of anilines is 2. The normalized spacial score (nSPS) is 10.3. The molecule has 138 valence electrons. The summed E-state index contributed by atoms with van der Waals surface area (Å²) in [5.41, 5.74) is 2.38. The van der Waals surface area contributed by atoms with E-state index < -0.39 is 0 Å². The maximum atomic E-state index is 12.3. The van der Waals surface area contributed by atoms with Gasteiger partial charge in [0.2, 0.25) is 5.95 Å². The minimum atomic E-state index is -0.209. The van der Waals surface area contributed by atoms with E-state index in [1.807, 2.05) is 42.5 Å². The molecule has 0 radical (unpaired) electrons. The van der Waals surface area contributed by atoms with Gasteiger partial charge in [0, 0.05) is 24.5 Å². The molecule has 1 heterocycles. The van der Waals surface area contributed by atoms with Crippen LogP contribution in [-0.4, -0.2) is 29.5 Å². The Morgan fingerprint density at radius 2 is 1.93 bits per heavy atom. The van der Waals surface area contributed by atoms with Gasteiger partial charge >= 0.3 is 0 Å². The van der Waals surface area contributed by atoms with Crippen molar-refractivity contribution in [1.29, 1.82) is 0 Å². The van der Waals surface area contributed by atoms with E-state index in [0.717, 1.165) is 24.3 Å². The average Bonchev–Trinajstić information content (AvgIpc) is 2.72. The van der Waals surface area contributed by atoms with Crippen LogP contribution in [0.3, 0.4) is 0 Å². The predicted molar refractivity (Wildman–Crippen MR) is 105 cm³/mol. The molecule has 2 aromatic carbocycles. The highest BCUT2D eigenvalue weighted by Gasteiger charge is 2.08. The lowest BCUT2D eigenvalue weighted by atomic mass is 10.1. The monoisotopic (exact) mass is 362 g/mol. The van der Waals surface area contributed by atoms with Crippen molar-refractivity contribution in [2.45, 2.75) is 12.8 Å². The Hall–Kier alpha value is -3.41. The molecule has 0 aliphatic rings. The van der Waals surface area contributed by atoms with Crippen molar-refractivity contribution in [2.75, 3.05) is 19.0 Å². The van der Waals surface area contributed by atoms with Crippen molar-refractivity contribution < 1.29 is 9.53 Å². The van der Waals surface area contributed by atoms with E-state index in [4.69, 9.17) is 4.74 Å². The van der Waals surface area contributed by atoms with Crippen molar-refractivity contribution in [1.82, 2.24) is 15.3 Å². The van der Waals surface area contributed by atoms with Crippen LogP contribution in [-0.2, 0) is 6.42 Å². The van der Waals surface area contributed by atoms with E-state index in [9.17, 15) is 4.79 Å². The molecule has 1 amide bonds. The fourth-order valence-corrected chi connectivity index (χ4v) is 2.60. The summed E-state index contributed by atoms with van der Waals surface area (Å²) in [6, 6.07) is 19.2. The molecule has 3 rings (SSSR count). The fourth-order valence-electron chi connectivity index (χ4n) is 2.60. The third kappa shape index (κ3) is 5.54. The second-order valence-corrected chi connectivity index (χ2v) is 5.97. The SMILES string of the molecule is COc1cccc(Nc2nccc(C(=O)NCCCc3ccccc3)n2)c1. The molecule has 0 fully saturated rings. The Bertz CT molecular complexity index is 884. The number of carbonyl (C=O) groups excluding carboxylic acids is 1. The van der Waals surface area contributed by atoms with Crippen LogP contribution in [0.1, 0.15) is 22.5 Å². The first-order chi connectivity index (χ1) is 13.2. The maximum Gasteiger partial charge on any atom is 0.270 e. The molecule has 0 saturated carbocycles. The fraction of sp³-hybridized carbons (Fsp3) is 0.190. The van der Waals surface area contributed by atoms with Crippen LogP contribution < -0.4 is 15.4 Å². The summed E-state index contributed by atoms with van der Waals surface area (Å²) in [6.07, 6.45) is 3.36. The molecule has 0 saturated heterocycles. The number of benzene rings is 2. The molecule has 2 N–H and O–H groups in total. The van der Waals surface area contributed by atoms with Crippen LogP contribution in [0, 0.1) is 0 Å². The van der Waals surface area contributed by atoms with Gasteiger partial charge in [0.05, 0.1) is 7.11 Å². The van der Waals surface area contributed by atoms with Gasteiger partial charge in [-0.1, -0.05) is 36.4 Å². The number of rotatable bonds is 8. The highest BCUT2D eigenvalue weighted by Crippen LogP contribution is 2.19. The van der Waals surface area contributed by atoms with E-state index >= 15 is 0 Å². The number of hydrogen-bond donors (Lipinski definition) is 2. The van der Waals surface area contributed by atoms with Crippen LogP contribution in [0.5, 0.6) is 5.75 Å². The van der Waals surface area contributed by atoms with E-state index in [1.165, 1.54) is 5.56 Å². The molecule has 0 unspecified atom stereocenters. The molecule has 0 spiro atoms. The lowest BCUT2D eigenvalue weighted by Gasteiger charge is -2.08. The van der Waals surface area contributed by atoms with Crippen LogP contribution in [0.4, 0.5) is 11.6 Å². The van der Waals surface area contributed by atoms with E-state index in [1.54, 1.807) is 19.4 Å². The number of amides is 1. The number of ether oxygens (including phenoxy) is 1. The summed E-state index contributed by atoms with van der Waals surface area (Å²) in [5.74, 6) is 0.881. The number of nitrogens with zero attached hydrogens (tertiary/aromatic N) is 2. The van der Waals surface area contributed by atoms with Crippen LogP contribution in [0.2, 0.25) is 0 Å². The summed E-state index contributed by atoms with van der Waals surface area (Å²) < 4.78 is 5.20. The number of methoxy groups -OCH3 is 1. The third-order valence-corrected chi connectivity index (χ3v) is 3.98. The second-order valence-electron chi connectivity index (χ2n) is 5.97. The van der Waals surface area contributed by atoms with Gasteiger partial charge in [0.1, 0.15) is 11.4 Å². The lowest BCUT2D eigenvalue weighted by molar-refractivity contribution is 0.0948. The number of hydrogen-bond acceptors (Lipinski definition) is 5. The lowest BCUT2D eigenvalue weighted by Crippen LogP contribution is -2.26. The van der Waals surface area contributed by atoms with Gasteiger partial charge in [0.25, 0.3) is 5.91 Å². The van der Waals surface area contributed by atoms with Crippen LogP contribution in [0.15, 0.2) is 66.9 Å². The number of aryl methyl sites for hydroxylation is 1. The highest BCUT2D eigenvalue weighted by atomic mass is 16.5. The Kier molecular flexibility index (Phi) is 6.35. The van der Waals surface area contributed by atoms with Gasteiger partial charge in [0.15, 0.2) is 0 Å². The van der Waals surface area contributed by atoms with Gasteiger partial charge in [-0.05, 0) is 36.6 Å². The maximum absolute atomic E-state index is 12.3. The van der Waals surface area contributed by atoms with E-state index in [-0.39, 0.29) is 5.91 Å². The van der Waals surface area contributed by atoms with E-state index in [0.29, 0.717) is 18.2 Å². The largest absolute Gasteiger partial charge is 0.497 e. The molecule has 0 atom stereocenters. The van der Waals surface area contributed by atoms with Crippen molar-refractivity contribution in [3.63, 3.8) is 0 Å². The number of aromatic nitrogens is 2. The first-order valence-electron chi connectivity index (χ1n) is 8.81. The molecule has 1 aromatic heterocycles. The molecular formula is C21H22N4O2. The highest BCUT2D eigenvalue weighted by molar-refractivity contribution is 5.92. The molecule has 0 bridgehead atoms. The third-order valence-electron chi connectivity index (χ3n) is 3.98. The van der Waals surface area contributed by atoms with Crippen LogP contribution in [0.25, 0.3) is 0 Å². The smallest absolute Gasteiger partial charge is 0.270 e. The summed E-state index contributed by atoms with van der Waals surface area (Å²) >= 11 is 0. The molecule has 6 heteroatoms. The van der Waals surface area contributed by atoms with Crippen molar-refractivity contribution >= 4 is 17.5 Å². The summed E-state index contributed by atoms with van der Waals surface area (Å²) in [7, 11) is 1.61. The van der Waals surface area contributed by atoms with Gasteiger partial charge in [-0.15, -0.1) is 0 Å². The average molecular weight is 362 g/mol. The zero-order valence-electron chi connectivity index (χ0n) is 15.2. The molecule has 0 aliphatic carbocycles. The summed E-state index contributed by atoms with van der Waals surface area (Å²) in [5, 5.41) is 5.98. The topological polar surface area (TPSA) is 76.1 Å². The van der Waals surface area contributed by atoms with Crippen molar-refractivity contribution in [3.8, 4) is 5.75 Å². The molecular weight excluding hydrogens is 340 g/mol. The minimum Gasteiger partial charge on any atom is -0.497 e. The van der Waals surface area contributed by atoms with Crippen LogP contribution >= 0.6 is 0 Å². The van der Waals surface area contributed by atoms with Gasteiger partial charge in [-0.2, -0.15) is 0 Å². The zero-order chi connectivity index (χ0) is 18.9. The first-order valence-corrected chi connectivity index (χ1v) is 8.81. The number of nitrogens with one attached hydrogen (secondary N) is 2. The molecule has 0 aliphatic heterocycles. The predicted octanol–water partition coefficient (Wildman–Crippen LogP) is 3.59. The van der Waals surface area contributed by atoms with E-state index in [2.05, 4.69) is 32.7 Å². The Labute approximate surface area is 158 Å². The Balaban J connectivity index is 1.53. The quantitative estimate of drug-likeness (QED) is 0.599. The summed E-state index contributed by atoms with van der Waals surface area (Å²) in [4.78, 5) is 20.8. The Morgan fingerprint density at radius 1 is 1.07 bits per heavy atom. The second kappa shape index (κ2) is 9.33. The standard InChI is InChI=1S/C21H22N4O2/c1-27-18-11-5-10-17(15-18)24-21-23-14-12-19(25-21)20(26)22-13-6-9-16-7-3-2-4-8-16/h2-5,7-8,10-12,14-15H,6,9,13H2,1H3,(H,22,26)(H,23,24,25). The van der Waals surface area contributed by atoms with Crippen molar-refractivity contribution in [2.24, 2.45) is 0 Å². The van der Waals surface area contributed by atoms with Gasteiger partial charge in [-0.3, -0.25) is 4.79 Å². The van der Waals surface area contributed by atoms with Crippen molar-refractivity contribution in [3.05, 3.63) is 78.1 Å². The summed E-state index contributed by atoms with van der Waals surface area (Å²) in [6.45, 7) is 0.594. The first kappa shape index (κ1) is 18.4. The van der Waals surface area contributed by atoms with Gasteiger partial charge in [-0.25, -0.2) is 9.97 Å². The molecule has 27 heavy (non-hydrogen) atoms. The minimum absolute atomic E-state index is 0.209. The van der Waals surface area contributed by atoms with Gasteiger partial charge < -0.3 is 15.4 Å². The molecule has 3 aromatic rings. The number of carbonyl (C=O) groups is 1. The zero-order valence-corrected chi connectivity index (χ0v) is 15.2.